The van der Waals surface area contributed by atoms with Gasteiger partial charge in [0.2, 0.25) is 11.8 Å². The minimum absolute atomic E-state index is 0.141. The van der Waals surface area contributed by atoms with Crippen LogP contribution in [0.4, 0.5) is 5.95 Å². The first-order chi connectivity index (χ1) is 9.88. The maximum Gasteiger partial charge on any atom is 0.226 e. The molecule has 1 N–H and O–H groups in total. The Kier molecular flexibility index (Phi) is 4.46. The fraction of sp³-hybridized carbons (Fsp3) is 0.412. The van der Waals surface area contributed by atoms with Gasteiger partial charge in [-0.1, -0.05) is 32.9 Å². The predicted octanol–water partition coefficient (Wildman–Crippen LogP) is 4.31. The molecule has 0 atom stereocenters. The van der Waals surface area contributed by atoms with Gasteiger partial charge in [0.15, 0.2) is 0 Å². The van der Waals surface area contributed by atoms with E-state index in [2.05, 4.69) is 48.2 Å². The number of benzene rings is 1. The van der Waals surface area contributed by atoms with Crippen molar-refractivity contribution >= 4 is 5.95 Å². The van der Waals surface area contributed by atoms with E-state index in [0.29, 0.717) is 11.8 Å². The van der Waals surface area contributed by atoms with Crippen molar-refractivity contribution in [2.75, 3.05) is 11.9 Å². The van der Waals surface area contributed by atoms with Crippen molar-refractivity contribution in [2.45, 2.75) is 40.0 Å². The summed E-state index contributed by atoms with van der Waals surface area (Å²) in [5, 5.41) is 3.10. The van der Waals surface area contributed by atoms with E-state index in [1.807, 2.05) is 32.0 Å². The van der Waals surface area contributed by atoms with Gasteiger partial charge in [0, 0.05) is 18.3 Å². The molecule has 0 saturated carbocycles. The molecule has 1 aromatic carbocycles. The summed E-state index contributed by atoms with van der Waals surface area (Å²) >= 11 is 0. The quantitative estimate of drug-likeness (QED) is 0.909. The van der Waals surface area contributed by atoms with Gasteiger partial charge in [0.05, 0.1) is 0 Å². The third kappa shape index (κ3) is 4.18. The molecule has 0 aliphatic rings. The Hall–Kier alpha value is -2.10. The highest BCUT2D eigenvalue weighted by Crippen LogP contribution is 2.26. The Morgan fingerprint density at radius 2 is 1.76 bits per heavy atom. The second kappa shape index (κ2) is 6.12. The zero-order valence-corrected chi connectivity index (χ0v) is 13.4. The van der Waals surface area contributed by atoms with E-state index in [0.717, 1.165) is 18.0 Å². The number of ether oxygens (including phenoxy) is 1. The number of rotatable bonds is 4. The summed E-state index contributed by atoms with van der Waals surface area (Å²) in [4.78, 5) is 8.65. The van der Waals surface area contributed by atoms with Crippen molar-refractivity contribution < 1.29 is 4.74 Å². The van der Waals surface area contributed by atoms with Crippen LogP contribution >= 0.6 is 0 Å². The molecule has 2 rings (SSSR count). The number of hydrogen-bond donors (Lipinski definition) is 1. The summed E-state index contributed by atoms with van der Waals surface area (Å²) in [6.45, 7) is 11.3. The fourth-order valence-corrected chi connectivity index (χ4v) is 1.97. The van der Waals surface area contributed by atoms with Crippen LogP contribution in [-0.4, -0.2) is 16.5 Å². The normalized spacial score (nSPS) is 11.3. The molecule has 0 amide bonds. The molecule has 21 heavy (non-hydrogen) atoms. The van der Waals surface area contributed by atoms with Gasteiger partial charge in [0.1, 0.15) is 5.75 Å². The Bertz CT molecular complexity index is 600. The van der Waals surface area contributed by atoms with Crippen molar-refractivity contribution in [1.29, 1.82) is 0 Å². The van der Waals surface area contributed by atoms with Crippen LogP contribution in [0.25, 0.3) is 0 Å². The SMILES string of the molecule is CCNc1nc(C)cc(Oc2ccc(C(C)(C)C)cc2)n1. The minimum atomic E-state index is 0.141. The summed E-state index contributed by atoms with van der Waals surface area (Å²) in [7, 11) is 0. The van der Waals surface area contributed by atoms with E-state index in [9.17, 15) is 0 Å². The predicted molar refractivity (Wildman–Crippen MR) is 86.1 cm³/mol. The average molecular weight is 285 g/mol. The summed E-state index contributed by atoms with van der Waals surface area (Å²) < 4.78 is 5.82. The molecule has 0 bridgehead atoms. The highest BCUT2D eigenvalue weighted by molar-refractivity contribution is 5.36. The molecule has 4 nitrogen and oxygen atoms in total. The first-order valence-electron chi connectivity index (χ1n) is 7.26. The topological polar surface area (TPSA) is 47.0 Å². The van der Waals surface area contributed by atoms with E-state index < -0.39 is 0 Å². The van der Waals surface area contributed by atoms with Crippen molar-refractivity contribution in [3.05, 3.63) is 41.6 Å². The van der Waals surface area contributed by atoms with Crippen LogP contribution in [0.2, 0.25) is 0 Å². The van der Waals surface area contributed by atoms with Gasteiger partial charge in [-0.2, -0.15) is 4.98 Å². The van der Waals surface area contributed by atoms with Gasteiger partial charge >= 0.3 is 0 Å². The summed E-state index contributed by atoms with van der Waals surface area (Å²) in [6.07, 6.45) is 0. The van der Waals surface area contributed by atoms with Crippen molar-refractivity contribution in [3.63, 3.8) is 0 Å². The van der Waals surface area contributed by atoms with Gasteiger partial charge in [-0.3, -0.25) is 0 Å². The zero-order chi connectivity index (χ0) is 15.5. The van der Waals surface area contributed by atoms with Crippen molar-refractivity contribution in [3.8, 4) is 11.6 Å². The second-order valence-electron chi connectivity index (χ2n) is 6.08. The number of nitrogens with zero attached hydrogens (tertiary/aromatic N) is 2. The standard InChI is InChI=1S/C17H23N3O/c1-6-18-16-19-12(2)11-15(20-16)21-14-9-7-13(8-10-14)17(3,4)5/h7-11H,6H2,1-5H3,(H,18,19,20). The molecule has 0 radical (unpaired) electrons. The third-order valence-electron chi connectivity index (χ3n) is 3.11. The summed E-state index contributed by atoms with van der Waals surface area (Å²) in [6, 6.07) is 9.97. The van der Waals surface area contributed by atoms with E-state index in [1.165, 1.54) is 5.56 Å². The first kappa shape index (κ1) is 15.3. The fourth-order valence-electron chi connectivity index (χ4n) is 1.97. The van der Waals surface area contributed by atoms with E-state index in [1.54, 1.807) is 0 Å². The second-order valence-corrected chi connectivity index (χ2v) is 6.08. The molecule has 0 saturated heterocycles. The Labute approximate surface area is 126 Å². The highest BCUT2D eigenvalue weighted by atomic mass is 16.5. The molecule has 0 fully saturated rings. The van der Waals surface area contributed by atoms with Crippen LogP contribution in [0.15, 0.2) is 30.3 Å². The van der Waals surface area contributed by atoms with E-state index >= 15 is 0 Å². The molecule has 1 aromatic heterocycles. The lowest BCUT2D eigenvalue weighted by molar-refractivity contribution is 0.460. The molecule has 0 unspecified atom stereocenters. The van der Waals surface area contributed by atoms with E-state index in [4.69, 9.17) is 4.74 Å². The molecule has 112 valence electrons. The van der Waals surface area contributed by atoms with Gasteiger partial charge < -0.3 is 10.1 Å². The zero-order valence-electron chi connectivity index (χ0n) is 13.4. The lowest BCUT2D eigenvalue weighted by Gasteiger charge is -2.19. The molecule has 2 aromatic rings. The van der Waals surface area contributed by atoms with Gasteiger partial charge in [-0.25, -0.2) is 4.98 Å². The number of anilines is 1. The van der Waals surface area contributed by atoms with Crippen LogP contribution in [0, 0.1) is 6.92 Å². The van der Waals surface area contributed by atoms with Crippen LogP contribution in [-0.2, 0) is 5.41 Å². The number of aryl methyl sites for hydroxylation is 1. The number of hydrogen-bond acceptors (Lipinski definition) is 4. The van der Waals surface area contributed by atoms with Crippen LogP contribution in [0.5, 0.6) is 11.6 Å². The third-order valence-corrected chi connectivity index (χ3v) is 3.11. The highest BCUT2D eigenvalue weighted by Gasteiger charge is 2.13. The van der Waals surface area contributed by atoms with Crippen LogP contribution in [0.3, 0.4) is 0 Å². The average Bonchev–Trinajstić information content (AvgIpc) is 2.38. The Morgan fingerprint density at radius 1 is 1.10 bits per heavy atom. The van der Waals surface area contributed by atoms with Crippen LogP contribution in [0.1, 0.15) is 39.0 Å². The van der Waals surface area contributed by atoms with Gasteiger partial charge in [-0.05, 0) is 37.0 Å². The van der Waals surface area contributed by atoms with Gasteiger partial charge in [-0.15, -0.1) is 0 Å². The van der Waals surface area contributed by atoms with Crippen molar-refractivity contribution in [1.82, 2.24) is 9.97 Å². The maximum atomic E-state index is 5.82. The number of nitrogens with one attached hydrogen (secondary N) is 1. The van der Waals surface area contributed by atoms with Crippen LogP contribution < -0.4 is 10.1 Å². The minimum Gasteiger partial charge on any atom is -0.439 e. The molecule has 4 heteroatoms. The lowest BCUT2D eigenvalue weighted by Crippen LogP contribution is -2.10. The monoisotopic (exact) mass is 285 g/mol. The first-order valence-corrected chi connectivity index (χ1v) is 7.26. The molecular weight excluding hydrogens is 262 g/mol. The van der Waals surface area contributed by atoms with E-state index in [-0.39, 0.29) is 5.41 Å². The van der Waals surface area contributed by atoms with Crippen molar-refractivity contribution in [2.24, 2.45) is 0 Å². The van der Waals surface area contributed by atoms with Gasteiger partial charge in [0.25, 0.3) is 0 Å². The largest absolute Gasteiger partial charge is 0.439 e. The summed E-state index contributed by atoms with van der Waals surface area (Å²) in [5.41, 5.74) is 2.30. The summed E-state index contributed by atoms with van der Waals surface area (Å²) in [5.74, 6) is 1.93. The lowest BCUT2D eigenvalue weighted by atomic mass is 9.87. The Balaban J connectivity index is 2.18. The molecule has 0 aliphatic heterocycles. The maximum absolute atomic E-state index is 5.82. The molecular formula is C17H23N3O. The number of aromatic nitrogens is 2. The molecule has 0 aliphatic carbocycles. The smallest absolute Gasteiger partial charge is 0.226 e. The molecule has 0 spiro atoms. The Morgan fingerprint density at radius 3 is 2.33 bits per heavy atom. The molecule has 1 heterocycles.